The van der Waals surface area contributed by atoms with Crippen LogP contribution in [0.2, 0.25) is 0 Å². The molecule has 302 valence electrons. The van der Waals surface area contributed by atoms with Crippen LogP contribution in [0.15, 0.2) is 97.1 Å². The molecule has 2 aromatic heterocycles. The normalized spacial score (nSPS) is 14.8. The molecule has 2 saturated heterocycles. The van der Waals surface area contributed by atoms with Gasteiger partial charge < -0.3 is 29.2 Å². The number of aromatic carboxylic acids is 1. The second-order valence-corrected chi connectivity index (χ2v) is 15.4. The van der Waals surface area contributed by atoms with Crippen LogP contribution in [0.3, 0.4) is 0 Å². The number of carbonyl (C=O) groups is 4. The highest BCUT2D eigenvalue weighted by molar-refractivity contribution is 5.95. The van der Waals surface area contributed by atoms with Crippen molar-refractivity contribution >= 4 is 57.2 Å². The molecule has 12 nitrogen and oxygen atoms in total. The van der Waals surface area contributed by atoms with E-state index in [0.29, 0.717) is 46.8 Å². The van der Waals surface area contributed by atoms with E-state index in [0.717, 1.165) is 91.5 Å². The number of benzene rings is 4. The largest absolute Gasteiger partial charge is 0.478 e. The third kappa shape index (κ3) is 9.77. The van der Waals surface area contributed by atoms with Crippen LogP contribution in [0.25, 0.3) is 44.6 Å². The molecule has 8 rings (SSSR count). The summed E-state index contributed by atoms with van der Waals surface area (Å²) in [5, 5.41) is 9.31. The van der Waals surface area contributed by atoms with Crippen molar-refractivity contribution in [1.82, 2.24) is 19.9 Å². The Morgan fingerprint density at radius 2 is 0.983 bits per heavy atom. The first kappa shape index (κ1) is 40.6. The summed E-state index contributed by atoms with van der Waals surface area (Å²) in [4.78, 5) is 70.2. The number of anilines is 2. The first-order valence-electron chi connectivity index (χ1n) is 20.1. The molecule has 59 heavy (non-hydrogen) atoms. The van der Waals surface area contributed by atoms with Gasteiger partial charge in [0.05, 0.1) is 40.3 Å². The molecular weight excluding hydrogens is 745 g/mol. The number of esters is 1. The number of ether oxygens (including phenoxy) is 1. The molecule has 12 heteroatoms. The van der Waals surface area contributed by atoms with Crippen molar-refractivity contribution in [2.75, 3.05) is 43.1 Å². The van der Waals surface area contributed by atoms with E-state index in [1.54, 1.807) is 44.2 Å². The minimum absolute atomic E-state index is 0.199. The maximum atomic E-state index is 11.9. The third-order valence-corrected chi connectivity index (χ3v) is 11.0. The van der Waals surface area contributed by atoms with Crippen molar-refractivity contribution in [2.45, 2.75) is 52.4 Å². The molecule has 0 spiro atoms. The number of aromatic nitrogens is 4. The molecule has 0 atom stereocenters. The van der Waals surface area contributed by atoms with Gasteiger partial charge in [0.2, 0.25) is 0 Å². The summed E-state index contributed by atoms with van der Waals surface area (Å²) in [5.74, 6) is 1.54. The van der Waals surface area contributed by atoms with Gasteiger partial charge in [0.25, 0.3) is 0 Å². The summed E-state index contributed by atoms with van der Waals surface area (Å²) in [6.45, 7) is 6.57. The molecule has 4 heterocycles. The number of carboxylic acids is 1. The Kier molecular flexibility index (Phi) is 12.6. The maximum Gasteiger partial charge on any atom is 0.337 e. The smallest absolute Gasteiger partial charge is 0.337 e. The topological polar surface area (TPSA) is 156 Å². The van der Waals surface area contributed by atoms with Crippen LogP contribution in [-0.4, -0.2) is 81.8 Å². The monoisotopic (exact) mass is 792 g/mol. The maximum absolute atomic E-state index is 11.9. The van der Waals surface area contributed by atoms with Gasteiger partial charge in [0.15, 0.2) is 11.6 Å². The zero-order valence-electron chi connectivity index (χ0n) is 33.6. The number of piperidine rings is 2. The van der Waals surface area contributed by atoms with Crippen LogP contribution in [0.4, 0.5) is 11.6 Å². The van der Waals surface area contributed by atoms with Crippen LogP contribution in [0.5, 0.6) is 0 Å². The highest BCUT2D eigenvalue weighted by atomic mass is 16.5. The molecule has 0 radical (unpaired) electrons. The van der Waals surface area contributed by atoms with E-state index in [4.69, 9.17) is 24.7 Å². The number of fused-ring (bicyclic) bond motifs is 2. The number of hydrogen-bond acceptors (Lipinski definition) is 11. The van der Waals surface area contributed by atoms with Crippen molar-refractivity contribution < 1.29 is 29.0 Å². The van der Waals surface area contributed by atoms with Gasteiger partial charge in [-0.15, -0.1) is 0 Å². The summed E-state index contributed by atoms with van der Waals surface area (Å²) in [7, 11) is 1.37. The Bertz CT molecular complexity index is 2480. The van der Waals surface area contributed by atoms with Gasteiger partial charge >= 0.3 is 11.9 Å². The lowest BCUT2D eigenvalue weighted by atomic mass is 9.92. The van der Waals surface area contributed by atoms with Crippen LogP contribution < -0.4 is 9.80 Å². The first-order valence-corrected chi connectivity index (χ1v) is 20.1. The zero-order valence-corrected chi connectivity index (χ0v) is 33.6. The van der Waals surface area contributed by atoms with E-state index in [1.807, 2.05) is 66.7 Å². The van der Waals surface area contributed by atoms with Gasteiger partial charge in [-0.1, -0.05) is 60.7 Å². The summed E-state index contributed by atoms with van der Waals surface area (Å²) < 4.78 is 4.84. The number of hydrogen-bond donors (Lipinski definition) is 1. The predicted molar refractivity (Wildman–Crippen MR) is 229 cm³/mol. The number of methoxy groups -OCH3 is 1. The van der Waals surface area contributed by atoms with Crippen LogP contribution in [0.1, 0.15) is 73.1 Å². The Morgan fingerprint density at radius 3 is 1.37 bits per heavy atom. The quantitative estimate of drug-likeness (QED) is 0.132. The lowest BCUT2D eigenvalue weighted by Crippen LogP contribution is -2.35. The number of ketones is 2. The van der Waals surface area contributed by atoms with Crippen molar-refractivity contribution in [3.63, 3.8) is 0 Å². The molecular formula is C47H48N6O6. The van der Waals surface area contributed by atoms with Crippen molar-refractivity contribution in [1.29, 1.82) is 0 Å². The van der Waals surface area contributed by atoms with Crippen molar-refractivity contribution in [3.05, 3.63) is 108 Å². The molecule has 0 aliphatic carbocycles. The molecule has 6 aromatic rings. The summed E-state index contributed by atoms with van der Waals surface area (Å²) in [6, 6.07) is 30.0. The molecule has 0 unspecified atom stereocenters. The molecule has 1 N–H and O–H groups in total. The lowest BCUT2D eigenvalue weighted by molar-refractivity contribution is -0.118. The van der Waals surface area contributed by atoms with Crippen molar-refractivity contribution in [2.24, 2.45) is 11.8 Å². The number of Topliss-reactive ketones (excluding diaryl/α,β-unsaturated/α-hetero) is 2. The second-order valence-electron chi connectivity index (χ2n) is 15.4. The number of rotatable bonds is 10. The lowest BCUT2D eigenvalue weighted by Gasteiger charge is -2.33. The molecule has 2 aliphatic heterocycles. The fourth-order valence-electron chi connectivity index (χ4n) is 8.00. The average Bonchev–Trinajstić information content (AvgIpc) is 3.25. The van der Waals surface area contributed by atoms with Gasteiger partial charge in [0.1, 0.15) is 23.0 Å². The number of nitrogens with zero attached hydrogens (tertiary/aromatic N) is 6. The fraction of sp³-hybridized carbons (Fsp3) is 0.319. The van der Waals surface area contributed by atoms with Crippen LogP contribution in [0, 0.1) is 11.8 Å². The average molecular weight is 793 g/mol. The standard InChI is InChI=1S/C24H25N3O3.C23H23N3O3/c1-16(28)14-17-10-12-27(13-11-17)23-22(18-6-4-3-5-7-18)25-20-9-8-19(24(29)30-2)15-21(20)26-23;1-15(27)13-16-9-11-26(12-10-16)22-21(17-5-3-2-4-6-17)24-19-8-7-18(23(28)29)14-20(19)25-22/h3-9,15,17H,10-14H2,1-2H3;2-8,14,16H,9-13H2,1H3,(H,28,29). The molecule has 0 bridgehead atoms. The van der Waals surface area contributed by atoms with E-state index < -0.39 is 11.9 Å². The van der Waals surface area contributed by atoms with E-state index in [2.05, 4.69) is 9.80 Å². The first-order chi connectivity index (χ1) is 28.6. The molecule has 2 aliphatic rings. The minimum atomic E-state index is -0.979. The van der Waals surface area contributed by atoms with Gasteiger partial charge in [-0.25, -0.2) is 29.5 Å². The Hall–Kier alpha value is -6.56. The summed E-state index contributed by atoms with van der Waals surface area (Å²) in [5.41, 5.74) is 6.91. The van der Waals surface area contributed by atoms with E-state index in [-0.39, 0.29) is 17.1 Å². The van der Waals surface area contributed by atoms with Gasteiger partial charge in [0, 0.05) is 50.1 Å². The summed E-state index contributed by atoms with van der Waals surface area (Å²) >= 11 is 0. The predicted octanol–water partition coefficient (Wildman–Crippen LogP) is 8.47. The number of carbonyl (C=O) groups excluding carboxylic acids is 3. The highest BCUT2D eigenvalue weighted by Crippen LogP contribution is 2.35. The fourth-order valence-corrected chi connectivity index (χ4v) is 8.00. The highest BCUT2D eigenvalue weighted by Gasteiger charge is 2.26. The summed E-state index contributed by atoms with van der Waals surface area (Å²) in [6.07, 6.45) is 5.05. The third-order valence-electron chi connectivity index (χ3n) is 11.0. The minimum Gasteiger partial charge on any atom is -0.478 e. The van der Waals surface area contributed by atoms with Crippen molar-refractivity contribution in [3.8, 4) is 22.5 Å². The van der Waals surface area contributed by atoms with Gasteiger partial charge in [-0.2, -0.15) is 0 Å². The van der Waals surface area contributed by atoms with E-state index in [1.165, 1.54) is 7.11 Å². The second kappa shape index (κ2) is 18.4. The Balaban J connectivity index is 0.000000179. The molecule has 0 amide bonds. The van der Waals surface area contributed by atoms with Gasteiger partial charge in [-0.3, -0.25) is 0 Å². The Morgan fingerprint density at radius 1 is 0.576 bits per heavy atom. The van der Waals surface area contributed by atoms with E-state index >= 15 is 0 Å². The Labute approximate surface area is 343 Å². The van der Waals surface area contributed by atoms with Gasteiger partial charge in [-0.05, 0) is 87.8 Å². The van der Waals surface area contributed by atoms with Crippen LogP contribution >= 0.6 is 0 Å². The number of carboxylic acid groups (broad SMARTS) is 1. The van der Waals surface area contributed by atoms with Crippen LogP contribution in [-0.2, 0) is 14.3 Å². The molecule has 2 fully saturated rings. The molecule has 4 aromatic carbocycles. The SMILES string of the molecule is CC(=O)CC1CCN(c2nc3cc(C(=O)O)ccc3nc2-c2ccccc2)CC1.COC(=O)c1ccc2nc(-c3ccccc3)c(N3CCC(CC(C)=O)CC3)nc2c1. The zero-order chi connectivity index (χ0) is 41.5. The molecule has 0 saturated carbocycles. The van der Waals surface area contributed by atoms with E-state index in [9.17, 15) is 24.3 Å².